The molecule has 3 aromatic heterocycles. The summed E-state index contributed by atoms with van der Waals surface area (Å²) in [6.07, 6.45) is 9.81. The zero-order chi connectivity index (χ0) is 31.8. The summed E-state index contributed by atoms with van der Waals surface area (Å²) in [5.41, 5.74) is 3.60. The molecule has 0 bridgehead atoms. The molecule has 2 saturated carbocycles. The fourth-order valence-corrected chi connectivity index (χ4v) is 6.54. The van der Waals surface area contributed by atoms with E-state index in [4.69, 9.17) is 24.0 Å². The molecule has 2 N–H and O–H groups in total. The molecule has 2 aliphatic rings. The highest BCUT2D eigenvalue weighted by atomic mass is 16.6. The van der Waals surface area contributed by atoms with Gasteiger partial charge in [0.25, 0.3) is 0 Å². The summed E-state index contributed by atoms with van der Waals surface area (Å²) in [6.45, 7) is 4.58. The molecule has 2 fully saturated rings. The lowest BCUT2D eigenvalue weighted by atomic mass is 9.79. The zero-order valence-electron chi connectivity index (χ0n) is 26.5. The normalized spacial score (nSPS) is 21.6. The monoisotopic (exact) mass is 619 g/mol. The van der Waals surface area contributed by atoms with Gasteiger partial charge in [-0.25, -0.2) is 14.8 Å². The van der Waals surface area contributed by atoms with E-state index in [-0.39, 0.29) is 31.1 Å². The molecule has 5 rings (SSSR count). The third-order valence-electron chi connectivity index (χ3n) is 9.10. The van der Waals surface area contributed by atoms with Crippen molar-refractivity contribution in [2.75, 3.05) is 31.7 Å². The summed E-state index contributed by atoms with van der Waals surface area (Å²) in [6, 6.07) is 7.91. The molecule has 0 aromatic carbocycles. The third-order valence-corrected chi connectivity index (χ3v) is 9.10. The van der Waals surface area contributed by atoms with Crippen molar-refractivity contribution in [1.29, 1.82) is 0 Å². The summed E-state index contributed by atoms with van der Waals surface area (Å²) in [5.74, 6) is 2.70. The van der Waals surface area contributed by atoms with Crippen LogP contribution in [0.2, 0.25) is 0 Å². The number of aliphatic hydroxyl groups excluding tert-OH is 1. The summed E-state index contributed by atoms with van der Waals surface area (Å²) >= 11 is 0. The Hall–Kier alpha value is -3.99. The number of anilines is 1. The smallest absolute Gasteiger partial charge is 0.407 e. The lowest BCUT2D eigenvalue weighted by Crippen LogP contribution is -2.42. The number of alkyl carbamates (subject to hydrolysis) is 1. The quantitative estimate of drug-likeness (QED) is 0.281. The van der Waals surface area contributed by atoms with Gasteiger partial charge in [0, 0.05) is 48.8 Å². The number of amides is 2. The van der Waals surface area contributed by atoms with Crippen LogP contribution in [0.25, 0.3) is 11.3 Å². The third kappa shape index (κ3) is 8.19. The van der Waals surface area contributed by atoms with Gasteiger partial charge in [0.2, 0.25) is 5.91 Å². The van der Waals surface area contributed by atoms with E-state index in [1.807, 2.05) is 36.9 Å². The van der Waals surface area contributed by atoms with E-state index < -0.39 is 6.09 Å². The van der Waals surface area contributed by atoms with Crippen LogP contribution in [0.5, 0.6) is 5.75 Å². The highest BCUT2D eigenvalue weighted by Crippen LogP contribution is 2.38. The molecule has 0 spiro atoms. The molecule has 45 heavy (non-hydrogen) atoms. The van der Waals surface area contributed by atoms with Crippen molar-refractivity contribution in [3.05, 3.63) is 54.0 Å². The number of rotatable bonds is 11. The highest BCUT2D eigenvalue weighted by Gasteiger charge is 2.34. The molecule has 0 aliphatic heterocycles. The molecule has 0 unspecified atom stereocenters. The fourth-order valence-electron chi connectivity index (χ4n) is 6.54. The molecule has 3 aromatic rings. The number of aryl methyl sites for hydroxylation is 2. The van der Waals surface area contributed by atoms with Gasteiger partial charge in [0.15, 0.2) is 5.89 Å². The molecule has 242 valence electrons. The maximum Gasteiger partial charge on any atom is 0.407 e. The van der Waals surface area contributed by atoms with E-state index in [2.05, 4.69) is 21.4 Å². The molecule has 2 aliphatic carbocycles. The highest BCUT2D eigenvalue weighted by molar-refractivity contribution is 5.94. The maximum atomic E-state index is 14.2. The van der Waals surface area contributed by atoms with Crippen LogP contribution in [0.1, 0.15) is 81.5 Å². The first-order valence-corrected chi connectivity index (χ1v) is 16.2. The molecule has 2 amide bonds. The maximum absolute atomic E-state index is 14.2. The van der Waals surface area contributed by atoms with Gasteiger partial charge in [0.05, 0.1) is 19.4 Å². The van der Waals surface area contributed by atoms with Gasteiger partial charge in [-0.15, -0.1) is 0 Å². The van der Waals surface area contributed by atoms with Gasteiger partial charge < -0.3 is 24.3 Å². The lowest BCUT2D eigenvalue weighted by molar-refractivity contribution is -0.124. The number of hydrogen-bond acceptors (Lipinski definition) is 9. The van der Waals surface area contributed by atoms with E-state index in [1.54, 1.807) is 19.6 Å². The average molecular weight is 620 g/mol. The largest absolute Gasteiger partial charge is 0.495 e. The predicted molar refractivity (Wildman–Crippen MR) is 169 cm³/mol. The predicted octanol–water partition coefficient (Wildman–Crippen LogP) is 5.60. The topological polar surface area (TPSA) is 140 Å². The Balaban J connectivity index is 1.29. The second-order valence-corrected chi connectivity index (χ2v) is 12.1. The second-order valence-electron chi connectivity index (χ2n) is 12.1. The Morgan fingerprint density at radius 2 is 1.84 bits per heavy atom. The molecule has 0 radical (unpaired) electrons. The standard InChI is InChI=1S/C34H45N5O6/c1-4-32-38-29(21-44-32)26-15-16-35-31(19-26)39(33(41)25-9-11-27(12-10-25)45-34(42)36-17-18-40)20-23-5-7-24(8-6-23)28-13-14-30(43-3)22(2)37-28/h13-16,19,21,23-25,27,40H,4-12,17-18,20H2,1-3H3,(H,36,42)/t23-,24-,25-,27-. The molecule has 3 heterocycles. The Kier molecular flexibility index (Phi) is 11.0. The number of oxazole rings is 1. The van der Waals surface area contributed by atoms with Crippen LogP contribution >= 0.6 is 0 Å². The number of carbonyl (C=O) groups is 2. The van der Waals surface area contributed by atoms with Gasteiger partial charge in [-0.1, -0.05) is 6.92 Å². The van der Waals surface area contributed by atoms with Crippen LogP contribution in [0.3, 0.4) is 0 Å². The number of methoxy groups -OCH3 is 1. The van der Waals surface area contributed by atoms with Crippen molar-refractivity contribution in [2.24, 2.45) is 11.8 Å². The van der Waals surface area contributed by atoms with Crippen molar-refractivity contribution in [2.45, 2.75) is 83.7 Å². The first kappa shape index (κ1) is 32.4. The number of aliphatic hydroxyl groups is 1. The summed E-state index contributed by atoms with van der Waals surface area (Å²) < 4.78 is 16.5. The number of hydrogen-bond donors (Lipinski definition) is 2. The van der Waals surface area contributed by atoms with Gasteiger partial charge in [0.1, 0.15) is 29.6 Å². The van der Waals surface area contributed by atoms with Crippen LogP contribution in [0, 0.1) is 18.8 Å². The summed E-state index contributed by atoms with van der Waals surface area (Å²) in [4.78, 5) is 42.1. The SMILES string of the molecule is CCc1nc(-c2ccnc(N(C[C@H]3CC[C@H](c4ccc(OC)c(C)n4)CC3)C(=O)[C@H]3CC[C@H](OC(=O)NCCO)CC3)c2)co1. The van der Waals surface area contributed by atoms with Crippen molar-refractivity contribution in [3.8, 4) is 17.0 Å². The summed E-state index contributed by atoms with van der Waals surface area (Å²) in [5, 5.41) is 11.5. The molecule has 11 heteroatoms. The molecule has 0 atom stereocenters. The van der Waals surface area contributed by atoms with Crippen LogP contribution in [-0.2, 0) is 16.0 Å². The van der Waals surface area contributed by atoms with E-state index >= 15 is 0 Å². The average Bonchev–Trinajstić information content (AvgIpc) is 3.56. The number of ether oxygens (including phenoxy) is 2. The Morgan fingerprint density at radius 1 is 1.07 bits per heavy atom. The van der Waals surface area contributed by atoms with Crippen LogP contribution in [0.4, 0.5) is 10.6 Å². The van der Waals surface area contributed by atoms with Crippen LogP contribution in [0.15, 0.2) is 41.1 Å². The van der Waals surface area contributed by atoms with Crippen LogP contribution in [-0.4, -0.2) is 65.0 Å². The molecule has 11 nitrogen and oxygen atoms in total. The van der Waals surface area contributed by atoms with Gasteiger partial charge in [-0.3, -0.25) is 14.7 Å². The van der Waals surface area contributed by atoms with E-state index in [0.29, 0.717) is 62.2 Å². The second kappa shape index (κ2) is 15.3. The number of carbonyl (C=O) groups excluding carboxylic acids is 2. The van der Waals surface area contributed by atoms with Crippen molar-refractivity contribution >= 4 is 17.8 Å². The van der Waals surface area contributed by atoms with Crippen molar-refractivity contribution < 1.29 is 28.6 Å². The number of nitrogens with one attached hydrogen (secondary N) is 1. The minimum absolute atomic E-state index is 0.0619. The number of pyridine rings is 2. The van der Waals surface area contributed by atoms with E-state index in [0.717, 1.165) is 54.1 Å². The van der Waals surface area contributed by atoms with Crippen LogP contribution < -0.4 is 15.0 Å². The Bertz CT molecular complexity index is 1430. The number of aromatic nitrogens is 3. The van der Waals surface area contributed by atoms with Gasteiger partial charge in [-0.2, -0.15) is 0 Å². The van der Waals surface area contributed by atoms with Gasteiger partial charge >= 0.3 is 6.09 Å². The molecule has 0 saturated heterocycles. The van der Waals surface area contributed by atoms with E-state index in [9.17, 15) is 9.59 Å². The van der Waals surface area contributed by atoms with E-state index in [1.165, 1.54) is 0 Å². The summed E-state index contributed by atoms with van der Waals surface area (Å²) in [7, 11) is 1.67. The first-order valence-electron chi connectivity index (χ1n) is 16.2. The minimum atomic E-state index is -0.531. The van der Waals surface area contributed by atoms with Crippen molar-refractivity contribution in [1.82, 2.24) is 20.3 Å². The fraction of sp³-hybridized carbons (Fsp3) is 0.559. The Labute approximate surface area is 264 Å². The zero-order valence-corrected chi connectivity index (χ0v) is 26.5. The minimum Gasteiger partial charge on any atom is -0.495 e. The molecular formula is C34H45N5O6. The van der Waals surface area contributed by atoms with Gasteiger partial charge in [-0.05, 0) is 88.5 Å². The Morgan fingerprint density at radius 3 is 2.51 bits per heavy atom. The molecular weight excluding hydrogens is 574 g/mol. The lowest BCUT2D eigenvalue weighted by Gasteiger charge is -2.35. The number of nitrogens with zero attached hydrogens (tertiary/aromatic N) is 4. The first-order chi connectivity index (χ1) is 21.9. The van der Waals surface area contributed by atoms with Crippen molar-refractivity contribution in [3.63, 3.8) is 0 Å².